The van der Waals surface area contributed by atoms with E-state index in [0.29, 0.717) is 0 Å². The minimum absolute atomic E-state index is 0.0786. The van der Waals surface area contributed by atoms with Gasteiger partial charge in [-0.2, -0.15) is 0 Å². The number of aromatic nitrogens is 1. The molecule has 0 aliphatic heterocycles. The molecule has 0 aliphatic rings. The predicted molar refractivity (Wildman–Crippen MR) is 86.2 cm³/mol. The molecule has 1 unspecified atom stereocenters. The van der Waals surface area contributed by atoms with Gasteiger partial charge in [0.15, 0.2) is 0 Å². The lowest BCUT2D eigenvalue weighted by molar-refractivity contribution is 0.339. The molecule has 3 nitrogen and oxygen atoms in total. The van der Waals surface area contributed by atoms with E-state index in [2.05, 4.69) is 64.5 Å². The smallest absolute Gasteiger partial charge is 0.0420 e. The van der Waals surface area contributed by atoms with Crippen molar-refractivity contribution < 1.29 is 0 Å². The molecule has 0 fully saturated rings. The Bertz CT molecular complexity index is 537. The van der Waals surface area contributed by atoms with Crippen molar-refractivity contribution in [2.45, 2.75) is 31.7 Å². The number of halogens is 1. The number of hydrazine groups is 1. The first kappa shape index (κ1) is 15.2. The Morgan fingerprint density at radius 3 is 2.45 bits per heavy atom. The van der Waals surface area contributed by atoms with Gasteiger partial charge in [0.25, 0.3) is 0 Å². The summed E-state index contributed by atoms with van der Waals surface area (Å²) in [6, 6.07) is 14.6. The topological polar surface area (TPSA) is 50.9 Å². The molecule has 1 aromatic heterocycles. The van der Waals surface area contributed by atoms with Crippen LogP contribution in [0.3, 0.4) is 0 Å². The number of nitrogens with zero attached hydrogens (tertiary/aromatic N) is 1. The first-order chi connectivity index (χ1) is 9.54. The quantitative estimate of drug-likeness (QED) is 0.652. The van der Waals surface area contributed by atoms with Crippen LogP contribution >= 0.6 is 15.9 Å². The van der Waals surface area contributed by atoms with E-state index in [9.17, 15) is 0 Å². The second kappa shape index (κ2) is 6.48. The van der Waals surface area contributed by atoms with Gasteiger partial charge in [-0.1, -0.05) is 44.2 Å². The highest BCUT2D eigenvalue weighted by molar-refractivity contribution is 9.10. The van der Waals surface area contributed by atoms with Gasteiger partial charge < -0.3 is 0 Å². The zero-order chi connectivity index (χ0) is 14.6. The molecule has 3 N–H and O–H groups in total. The second-order valence-corrected chi connectivity index (χ2v) is 6.39. The molecule has 20 heavy (non-hydrogen) atoms. The molecule has 1 atom stereocenters. The molecular formula is C16H20BrN3. The van der Waals surface area contributed by atoms with Crippen LogP contribution in [0.25, 0.3) is 0 Å². The van der Waals surface area contributed by atoms with Crippen molar-refractivity contribution in [3.05, 3.63) is 64.4 Å². The number of benzene rings is 1. The molecule has 0 radical (unpaired) electrons. The summed E-state index contributed by atoms with van der Waals surface area (Å²) in [5.74, 6) is 5.79. The maximum atomic E-state index is 5.79. The standard InChI is InChI=1S/C16H20BrN3/c1-16(2,12-6-4-3-5-7-12)15(20-18)10-14-9-8-13(17)11-19-14/h3-9,11,15,20H,10,18H2,1-2H3. The second-order valence-electron chi connectivity index (χ2n) is 5.48. The number of nitrogens with one attached hydrogen (secondary N) is 1. The normalized spacial score (nSPS) is 13.2. The van der Waals surface area contributed by atoms with E-state index in [0.717, 1.165) is 16.6 Å². The van der Waals surface area contributed by atoms with Crippen molar-refractivity contribution in [3.63, 3.8) is 0 Å². The SMILES string of the molecule is CC(C)(c1ccccc1)C(Cc1ccc(Br)cn1)NN. The maximum Gasteiger partial charge on any atom is 0.0420 e. The average Bonchev–Trinajstić information content (AvgIpc) is 2.47. The Balaban J connectivity index is 2.21. The highest BCUT2D eigenvalue weighted by atomic mass is 79.9. The van der Waals surface area contributed by atoms with Gasteiger partial charge in [0.1, 0.15) is 0 Å². The molecule has 0 aliphatic carbocycles. The van der Waals surface area contributed by atoms with Crippen molar-refractivity contribution >= 4 is 15.9 Å². The molecule has 0 saturated carbocycles. The number of rotatable bonds is 5. The van der Waals surface area contributed by atoms with Crippen molar-refractivity contribution in [1.29, 1.82) is 0 Å². The van der Waals surface area contributed by atoms with Gasteiger partial charge >= 0.3 is 0 Å². The summed E-state index contributed by atoms with van der Waals surface area (Å²) < 4.78 is 0.987. The number of hydrogen-bond donors (Lipinski definition) is 2. The molecule has 0 saturated heterocycles. The first-order valence-electron chi connectivity index (χ1n) is 6.66. The highest BCUT2D eigenvalue weighted by Crippen LogP contribution is 2.28. The van der Waals surface area contributed by atoms with Gasteiger partial charge in [-0.3, -0.25) is 16.3 Å². The van der Waals surface area contributed by atoms with Gasteiger partial charge in [-0.25, -0.2) is 0 Å². The third kappa shape index (κ3) is 3.45. The van der Waals surface area contributed by atoms with Crippen molar-refractivity contribution in [2.75, 3.05) is 0 Å². The van der Waals surface area contributed by atoms with E-state index in [1.165, 1.54) is 5.56 Å². The van der Waals surface area contributed by atoms with Gasteiger partial charge in [-0.05, 0) is 33.6 Å². The summed E-state index contributed by atoms with van der Waals surface area (Å²) in [6.07, 6.45) is 2.60. The molecule has 0 amide bonds. The summed E-state index contributed by atoms with van der Waals surface area (Å²) >= 11 is 3.40. The monoisotopic (exact) mass is 333 g/mol. The van der Waals surface area contributed by atoms with E-state index in [1.807, 2.05) is 24.4 Å². The third-order valence-electron chi connectivity index (χ3n) is 3.79. The Hall–Kier alpha value is -1.23. The Labute approximate surface area is 128 Å². The molecule has 0 spiro atoms. The Morgan fingerprint density at radius 2 is 1.90 bits per heavy atom. The number of hydrogen-bond acceptors (Lipinski definition) is 3. The van der Waals surface area contributed by atoms with E-state index in [1.54, 1.807) is 0 Å². The molecule has 2 rings (SSSR count). The maximum absolute atomic E-state index is 5.79. The number of nitrogens with two attached hydrogens (primary N) is 1. The fraction of sp³-hybridized carbons (Fsp3) is 0.312. The van der Waals surface area contributed by atoms with E-state index in [4.69, 9.17) is 5.84 Å². The minimum atomic E-state index is -0.0786. The fourth-order valence-electron chi connectivity index (χ4n) is 2.33. The lowest BCUT2D eigenvalue weighted by Gasteiger charge is -2.34. The molecular weight excluding hydrogens is 314 g/mol. The number of pyridine rings is 1. The summed E-state index contributed by atoms with van der Waals surface area (Å²) in [4.78, 5) is 4.43. The Morgan fingerprint density at radius 1 is 1.20 bits per heavy atom. The summed E-state index contributed by atoms with van der Waals surface area (Å²) in [7, 11) is 0. The summed E-state index contributed by atoms with van der Waals surface area (Å²) in [5.41, 5.74) is 5.17. The lowest BCUT2D eigenvalue weighted by atomic mass is 9.76. The van der Waals surface area contributed by atoms with Gasteiger partial charge in [0, 0.05) is 34.2 Å². The van der Waals surface area contributed by atoms with Crippen LogP contribution in [0.2, 0.25) is 0 Å². The zero-order valence-electron chi connectivity index (χ0n) is 11.8. The van der Waals surface area contributed by atoms with Crippen LogP contribution in [0.1, 0.15) is 25.1 Å². The van der Waals surface area contributed by atoms with Crippen molar-refractivity contribution in [2.24, 2.45) is 5.84 Å². The van der Waals surface area contributed by atoms with Crippen LogP contribution in [-0.2, 0) is 11.8 Å². The summed E-state index contributed by atoms with van der Waals surface area (Å²) in [6.45, 7) is 4.40. The first-order valence-corrected chi connectivity index (χ1v) is 7.45. The van der Waals surface area contributed by atoms with Crippen LogP contribution in [-0.4, -0.2) is 11.0 Å². The molecule has 1 aromatic carbocycles. The Kier molecular flexibility index (Phi) is 4.91. The molecule has 1 heterocycles. The average molecular weight is 334 g/mol. The molecule has 0 bridgehead atoms. The van der Waals surface area contributed by atoms with Crippen molar-refractivity contribution in [1.82, 2.24) is 10.4 Å². The summed E-state index contributed by atoms with van der Waals surface area (Å²) in [5, 5.41) is 0. The third-order valence-corrected chi connectivity index (χ3v) is 4.26. The fourth-order valence-corrected chi connectivity index (χ4v) is 2.56. The minimum Gasteiger partial charge on any atom is -0.271 e. The van der Waals surface area contributed by atoms with Crippen LogP contribution in [0.5, 0.6) is 0 Å². The molecule has 106 valence electrons. The van der Waals surface area contributed by atoms with E-state index >= 15 is 0 Å². The molecule has 2 aromatic rings. The van der Waals surface area contributed by atoms with Crippen LogP contribution < -0.4 is 11.3 Å². The lowest BCUT2D eigenvalue weighted by Crippen LogP contribution is -2.49. The van der Waals surface area contributed by atoms with Crippen LogP contribution in [0.4, 0.5) is 0 Å². The van der Waals surface area contributed by atoms with Crippen LogP contribution in [0.15, 0.2) is 53.1 Å². The predicted octanol–water partition coefficient (Wildman–Crippen LogP) is 3.20. The largest absolute Gasteiger partial charge is 0.271 e. The van der Waals surface area contributed by atoms with E-state index in [-0.39, 0.29) is 11.5 Å². The molecule has 4 heteroatoms. The van der Waals surface area contributed by atoms with Gasteiger partial charge in [0.05, 0.1) is 0 Å². The zero-order valence-corrected chi connectivity index (χ0v) is 13.4. The highest BCUT2D eigenvalue weighted by Gasteiger charge is 2.30. The van der Waals surface area contributed by atoms with Gasteiger partial charge in [-0.15, -0.1) is 0 Å². The van der Waals surface area contributed by atoms with Crippen molar-refractivity contribution in [3.8, 4) is 0 Å². The van der Waals surface area contributed by atoms with Crippen LogP contribution in [0, 0.1) is 0 Å². The van der Waals surface area contributed by atoms with Gasteiger partial charge in [0.2, 0.25) is 0 Å². The van der Waals surface area contributed by atoms with E-state index < -0.39 is 0 Å².